The van der Waals surface area contributed by atoms with E-state index < -0.39 is 0 Å². The first-order valence-corrected chi connectivity index (χ1v) is 8.12. The molecule has 0 bridgehead atoms. The maximum Gasteiger partial charge on any atom is 0.191 e. The Morgan fingerprint density at radius 2 is 2.36 bits per heavy atom. The Hall–Kier alpha value is -1.60. The summed E-state index contributed by atoms with van der Waals surface area (Å²) in [4.78, 5) is 11.2. The molecule has 1 atom stereocenters. The Labute approximate surface area is 138 Å². The predicted octanol–water partition coefficient (Wildman–Crippen LogP) is 1.94. The van der Waals surface area contributed by atoms with Gasteiger partial charge in [0.15, 0.2) is 5.96 Å². The molecule has 2 aromatic rings. The highest BCUT2D eigenvalue weighted by atomic mass is 79.9. The zero-order valence-corrected chi connectivity index (χ0v) is 14.4. The van der Waals surface area contributed by atoms with Gasteiger partial charge in [-0.15, -0.1) is 0 Å². The van der Waals surface area contributed by atoms with E-state index in [9.17, 15) is 0 Å². The molecule has 2 N–H and O–H groups in total. The zero-order chi connectivity index (χ0) is 15.7. The first kappa shape index (κ1) is 15.3. The summed E-state index contributed by atoms with van der Waals surface area (Å²) >= 11 is 3.50. The van der Waals surface area contributed by atoms with Crippen LogP contribution in [-0.4, -0.2) is 46.0 Å². The quantitative estimate of drug-likeness (QED) is 0.652. The van der Waals surface area contributed by atoms with Gasteiger partial charge in [-0.25, -0.2) is 9.98 Å². The molecule has 6 nitrogen and oxygen atoms in total. The Morgan fingerprint density at radius 3 is 3.14 bits per heavy atom. The average molecular weight is 366 g/mol. The molecule has 1 saturated heterocycles. The zero-order valence-electron chi connectivity index (χ0n) is 12.8. The molecule has 0 radical (unpaired) electrons. The van der Waals surface area contributed by atoms with Gasteiger partial charge in [0.1, 0.15) is 5.65 Å². The molecule has 118 valence electrons. The van der Waals surface area contributed by atoms with Crippen molar-refractivity contribution in [2.24, 2.45) is 10.7 Å². The monoisotopic (exact) mass is 365 g/mol. The fourth-order valence-corrected chi connectivity index (χ4v) is 3.20. The van der Waals surface area contributed by atoms with E-state index in [1.807, 2.05) is 30.6 Å². The highest BCUT2D eigenvalue weighted by Crippen LogP contribution is 2.17. The van der Waals surface area contributed by atoms with Gasteiger partial charge in [-0.2, -0.15) is 0 Å². The number of morpholine rings is 1. The number of fused-ring (bicyclic) bond motifs is 1. The number of nitrogens with two attached hydrogens (primary N) is 1. The number of rotatable bonds is 2. The van der Waals surface area contributed by atoms with E-state index in [0.29, 0.717) is 19.1 Å². The average Bonchev–Trinajstić information content (AvgIpc) is 2.88. The summed E-state index contributed by atoms with van der Waals surface area (Å²) in [5.74, 6) is 0.560. The Bertz CT molecular complexity index is 711. The van der Waals surface area contributed by atoms with Crippen molar-refractivity contribution in [3.63, 3.8) is 0 Å². The highest BCUT2D eigenvalue weighted by Gasteiger charge is 2.18. The van der Waals surface area contributed by atoms with E-state index in [4.69, 9.17) is 10.5 Å². The number of hydrogen-bond donors (Lipinski definition) is 1. The largest absolute Gasteiger partial charge is 0.375 e. The number of halogens is 1. The van der Waals surface area contributed by atoms with Crippen LogP contribution in [-0.2, 0) is 11.3 Å². The summed E-state index contributed by atoms with van der Waals surface area (Å²) in [6, 6.07) is 2.05. The molecule has 0 amide bonds. The molecule has 0 spiro atoms. The number of guanidine groups is 1. The van der Waals surface area contributed by atoms with E-state index in [-0.39, 0.29) is 6.10 Å². The molecule has 1 aliphatic heterocycles. The molecule has 3 rings (SSSR count). The molecule has 3 heterocycles. The van der Waals surface area contributed by atoms with E-state index in [0.717, 1.165) is 34.5 Å². The van der Waals surface area contributed by atoms with Gasteiger partial charge in [-0.3, -0.25) is 0 Å². The second-order valence-electron chi connectivity index (χ2n) is 5.61. The second-order valence-corrected chi connectivity index (χ2v) is 6.52. The summed E-state index contributed by atoms with van der Waals surface area (Å²) in [7, 11) is 0. The van der Waals surface area contributed by atoms with Gasteiger partial charge in [0.05, 0.1) is 24.9 Å². The maximum absolute atomic E-state index is 6.09. The van der Waals surface area contributed by atoms with Crippen LogP contribution in [0.3, 0.4) is 0 Å². The van der Waals surface area contributed by atoms with Crippen molar-refractivity contribution in [3.05, 3.63) is 34.2 Å². The molecule has 1 aliphatic rings. The van der Waals surface area contributed by atoms with Gasteiger partial charge < -0.3 is 19.8 Å². The first-order valence-electron chi connectivity index (χ1n) is 7.33. The van der Waals surface area contributed by atoms with Crippen LogP contribution in [0, 0.1) is 6.92 Å². The lowest BCUT2D eigenvalue weighted by Crippen LogP contribution is -2.47. The number of aliphatic imine (C=N–C) groups is 1. The van der Waals surface area contributed by atoms with Crippen LogP contribution in [0.2, 0.25) is 0 Å². The van der Waals surface area contributed by atoms with Crippen molar-refractivity contribution in [3.8, 4) is 0 Å². The molecule has 2 aromatic heterocycles. The molecule has 0 saturated carbocycles. The summed E-state index contributed by atoms with van der Waals surface area (Å²) in [6.07, 6.45) is 4.18. The third kappa shape index (κ3) is 3.25. The molecule has 0 aliphatic carbocycles. The van der Waals surface area contributed by atoms with E-state index in [1.165, 1.54) is 0 Å². The number of nitrogens with zero attached hydrogens (tertiary/aromatic N) is 4. The van der Waals surface area contributed by atoms with Gasteiger partial charge >= 0.3 is 0 Å². The molecule has 1 unspecified atom stereocenters. The fraction of sp³-hybridized carbons (Fsp3) is 0.467. The Morgan fingerprint density at radius 1 is 1.55 bits per heavy atom. The van der Waals surface area contributed by atoms with Crippen molar-refractivity contribution in [1.29, 1.82) is 0 Å². The van der Waals surface area contributed by atoms with Crippen LogP contribution in [0.4, 0.5) is 0 Å². The summed E-state index contributed by atoms with van der Waals surface area (Å²) in [6.45, 7) is 6.84. The standard InChI is InChI=1S/C15H20BrN5O/c1-10-5-12(16)8-21-9-13(19-14(10)21)6-18-15(17)20-3-4-22-11(2)7-20/h5,8-9,11H,3-4,6-7H2,1-2H3,(H2,17,18). The second kappa shape index (κ2) is 6.26. The molecular weight excluding hydrogens is 346 g/mol. The smallest absolute Gasteiger partial charge is 0.191 e. The van der Waals surface area contributed by atoms with E-state index >= 15 is 0 Å². The molecule has 7 heteroatoms. The minimum atomic E-state index is 0.192. The Balaban J connectivity index is 1.75. The topological polar surface area (TPSA) is 68.2 Å². The summed E-state index contributed by atoms with van der Waals surface area (Å²) in [5, 5.41) is 0. The maximum atomic E-state index is 6.09. The number of pyridine rings is 1. The van der Waals surface area contributed by atoms with Crippen LogP contribution >= 0.6 is 15.9 Å². The lowest BCUT2D eigenvalue weighted by Gasteiger charge is -2.31. The van der Waals surface area contributed by atoms with E-state index in [1.54, 1.807) is 0 Å². The SMILES string of the molecule is Cc1cc(Br)cn2cc(CN=C(N)N3CCOC(C)C3)nc12. The van der Waals surface area contributed by atoms with Crippen LogP contribution in [0.25, 0.3) is 5.65 Å². The molecule has 22 heavy (non-hydrogen) atoms. The van der Waals surface area contributed by atoms with Gasteiger partial charge in [-0.1, -0.05) is 0 Å². The van der Waals surface area contributed by atoms with Crippen molar-refractivity contribution in [2.45, 2.75) is 26.5 Å². The normalized spacial score (nSPS) is 19.9. The molecular formula is C15H20BrN5O. The highest BCUT2D eigenvalue weighted by molar-refractivity contribution is 9.10. The van der Waals surface area contributed by atoms with Crippen molar-refractivity contribution in [2.75, 3.05) is 19.7 Å². The number of aromatic nitrogens is 2. The van der Waals surface area contributed by atoms with Gasteiger partial charge in [0, 0.05) is 30.0 Å². The van der Waals surface area contributed by atoms with Crippen molar-refractivity contribution in [1.82, 2.24) is 14.3 Å². The number of aryl methyl sites for hydroxylation is 1. The molecule has 0 aromatic carbocycles. The number of ether oxygens (including phenoxy) is 1. The van der Waals surface area contributed by atoms with Gasteiger partial charge in [0.2, 0.25) is 0 Å². The van der Waals surface area contributed by atoms with Gasteiger partial charge in [-0.05, 0) is 41.4 Å². The predicted molar refractivity (Wildman–Crippen MR) is 89.9 cm³/mol. The minimum Gasteiger partial charge on any atom is -0.375 e. The summed E-state index contributed by atoms with van der Waals surface area (Å²) in [5.41, 5.74) is 9.07. The first-order chi connectivity index (χ1) is 10.5. The summed E-state index contributed by atoms with van der Waals surface area (Å²) < 4.78 is 8.56. The van der Waals surface area contributed by atoms with Crippen LogP contribution in [0.15, 0.2) is 27.9 Å². The van der Waals surface area contributed by atoms with Crippen molar-refractivity contribution < 1.29 is 4.74 Å². The molecule has 1 fully saturated rings. The Kier molecular flexibility index (Phi) is 4.35. The third-order valence-electron chi connectivity index (χ3n) is 3.72. The lowest BCUT2D eigenvalue weighted by atomic mass is 10.3. The number of imidazole rings is 1. The number of hydrogen-bond acceptors (Lipinski definition) is 3. The van der Waals surface area contributed by atoms with Crippen molar-refractivity contribution >= 4 is 27.5 Å². The van der Waals surface area contributed by atoms with Crippen LogP contribution < -0.4 is 5.73 Å². The third-order valence-corrected chi connectivity index (χ3v) is 4.15. The van der Waals surface area contributed by atoms with E-state index in [2.05, 4.69) is 36.9 Å². The fourth-order valence-electron chi connectivity index (χ4n) is 2.64. The minimum absolute atomic E-state index is 0.192. The lowest BCUT2D eigenvalue weighted by molar-refractivity contribution is 0.00528. The van der Waals surface area contributed by atoms with Crippen LogP contribution in [0.5, 0.6) is 0 Å². The van der Waals surface area contributed by atoms with Gasteiger partial charge in [0.25, 0.3) is 0 Å². The van der Waals surface area contributed by atoms with Crippen LogP contribution in [0.1, 0.15) is 18.2 Å².